The van der Waals surface area contributed by atoms with Crippen molar-refractivity contribution >= 4 is 93.0 Å². The summed E-state index contributed by atoms with van der Waals surface area (Å²) in [6.45, 7) is 5.26. The molecule has 3 aromatic rings. The molecule has 12 heteroatoms. The second-order valence-electron chi connectivity index (χ2n) is 10.2. The van der Waals surface area contributed by atoms with Crippen LogP contribution in [0, 0.1) is 5.92 Å². The number of nitrogens with one attached hydrogen (secondary N) is 3. The molecular weight excluding hydrogens is 620 g/mol. The lowest BCUT2D eigenvalue weighted by Gasteiger charge is -2.19. The third kappa shape index (κ3) is 7.33. The zero-order valence-electron chi connectivity index (χ0n) is 21.5. The fourth-order valence-corrected chi connectivity index (χ4v) is 5.69. The van der Waals surface area contributed by atoms with Gasteiger partial charge in [-0.1, -0.05) is 40.9 Å². The van der Waals surface area contributed by atoms with E-state index in [1.807, 2.05) is 0 Å². The number of ether oxygens (including phenoxy) is 1. The number of alkyl halides is 2. The summed E-state index contributed by atoms with van der Waals surface area (Å²) in [5.41, 5.74) is 1.23. The highest BCUT2D eigenvalue weighted by molar-refractivity contribution is 6.53. The number of carbonyl (C=O) groups is 3. The number of anilines is 3. The van der Waals surface area contributed by atoms with E-state index in [0.717, 1.165) is 0 Å². The molecule has 0 saturated heterocycles. The molecule has 1 saturated carbocycles. The van der Waals surface area contributed by atoms with Crippen LogP contribution in [0.2, 0.25) is 15.1 Å². The van der Waals surface area contributed by atoms with Gasteiger partial charge in [0.25, 0.3) is 5.91 Å². The van der Waals surface area contributed by atoms with Gasteiger partial charge in [0.05, 0.1) is 16.5 Å². The van der Waals surface area contributed by atoms with Gasteiger partial charge < -0.3 is 15.4 Å². The highest BCUT2D eigenvalue weighted by Gasteiger charge is 2.67. The summed E-state index contributed by atoms with van der Waals surface area (Å²) >= 11 is 31.4. The fraction of sp³-hybridized carbons (Fsp3) is 0.250. The van der Waals surface area contributed by atoms with Gasteiger partial charge >= 0.3 is 6.09 Å². The van der Waals surface area contributed by atoms with Gasteiger partial charge in [0, 0.05) is 33.0 Å². The Morgan fingerprint density at radius 2 is 1.40 bits per heavy atom. The monoisotopic (exact) mass is 641 g/mol. The summed E-state index contributed by atoms with van der Waals surface area (Å²) in [5, 5.41) is 9.07. The standard InChI is InChI=1S/C28H24Cl5N3O4/c1-27(2,3)40-26(39)36-18-6-4-5-17(12-18)34-24(37)20-13-19(7-8-21(20)31)35-25(38)23-22(28(23,32)33)14-9-15(29)11-16(30)10-14/h4-13,22-23H,1-3H3,(H,34,37)(H,35,38)(H,36,39). The Bertz CT molecular complexity index is 1470. The van der Waals surface area contributed by atoms with E-state index < -0.39 is 39.7 Å². The number of benzene rings is 3. The van der Waals surface area contributed by atoms with Crippen LogP contribution in [0.3, 0.4) is 0 Å². The normalized spacial score (nSPS) is 17.5. The number of rotatable bonds is 6. The van der Waals surface area contributed by atoms with Gasteiger partial charge in [-0.2, -0.15) is 0 Å². The predicted octanol–water partition coefficient (Wildman–Crippen LogP) is 8.77. The van der Waals surface area contributed by atoms with Gasteiger partial charge in [-0.15, -0.1) is 23.2 Å². The summed E-state index contributed by atoms with van der Waals surface area (Å²) in [6, 6.07) is 15.9. The lowest BCUT2D eigenvalue weighted by atomic mass is 10.1. The van der Waals surface area contributed by atoms with Crippen LogP contribution >= 0.6 is 58.0 Å². The number of amides is 3. The lowest BCUT2D eigenvalue weighted by molar-refractivity contribution is -0.117. The minimum atomic E-state index is -1.36. The van der Waals surface area contributed by atoms with Crippen molar-refractivity contribution in [1.82, 2.24) is 0 Å². The first-order valence-electron chi connectivity index (χ1n) is 12.0. The first-order valence-corrected chi connectivity index (χ1v) is 13.9. The quantitative estimate of drug-likeness (QED) is 0.234. The van der Waals surface area contributed by atoms with E-state index in [0.29, 0.717) is 32.7 Å². The summed E-state index contributed by atoms with van der Waals surface area (Å²) in [4.78, 5) is 38.2. The molecule has 0 aliphatic heterocycles. The largest absolute Gasteiger partial charge is 0.444 e. The molecule has 3 N–H and O–H groups in total. The Balaban J connectivity index is 1.45. The smallest absolute Gasteiger partial charge is 0.412 e. The molecule has 2 atom stereocenters. The third-order valence-electron chi connectivity index (χ3n) is 5.82. The maximum Gasteiger partial charge on any atom is 0.412 e. The average Bonchev–Trinajstić information content (AvgIpc) is 3.40. The average molecular weight is 644 g/mol. The van der Waals surface area contributed by atoms with E-state index in [-0.39, 0.29) is 10.6 Å². The maximum atomic E-state index is 13.1. The van der Waals surface area contributed by atoms with Crippen molar-refractivity contribution in [2.24, 2.45) is 5.92 Å². The van der Waals surface area contributed by atoms with Crippen LogP contribution in [0.25, 0.3) is 0 Å². The molecule has 0 aromatic heterocycles. The maximum absolute atomic E-state index is 13.1. The van der Waals surface area contributed by atoms with Crippen LogP contribution in [0.4, 0.5) is 21.9 Å². The molecular formula is C28H24Cl5N3O4. The number of halogens is 5. The first kappa shape index (κ1) is 30.3. The molecule has 1 aliphatic carbocycles. The molecule has 0 spiro atoms. The molecule has 3 amide bonds. The molecule has 7 nitrogen and oxygen atoms in total. The highest BCUT2D eigenvalue weighted by atomic mass is 35.5. The number of carbonyl (C=O) groups excluding carboxylic acids is 3. The first-order chi connectivity index (χ1) is 18.6. The minimum absolute atomic E-state index is 0.113. The van der Waals surface area contributed by atoms with Gasteiger partial charge in [0.1, 0.15) is 9.93 Å². The van der Waals surface area contributed by atoms with E-state index in [1.54, 1.807) is 69.3 Å². The van der Waals surface area contributed by atoms with Gasteiger partial charge in [0.2, 0.25) is 5.91 Å². The Labute approximate surface area is 256 Å². The van der Waals surface area contributed by atoms with Crippen LogP contribution in [-0.2, 0) is 9.53 Å². The summed E-state index contributed by atoms with van der Waals surface area (Å²) in [7, 11) is 0. The van der Waals surface area contributed by atoms with Gasteiger partial charge in [-0.05, 0) is 80.9 Å². The van der Waals surface area contributed by atoms with E-state index in [9.17, 15) is 14.4 Å². The third-order valence-corrected chi connectivity index (χ3v) is 7.53. The van der Waals surface area contributed by atoms with Crippen molar-refractivity contribution in [2.75, 3.05) is 16.0 Å². The van der Waals surface area contributed by atoms with Crippen molar-refractivity contribution in [1.29, 1.82) is 0 Å². The topological polar surface area (TPSA) is 96.5 Å². The lowest BCUT2D eigenvalue weighted by Crippen LogP contribution is -2.27. The van der Waals surface area contributed by atoms with Crippen molar-refractivity contribution in [3.8, 4) is 0 Å². The molecule has 1 aliphatic rings. The molecule has 2 unspecified atom stereocenters. The Morgan fingerprint density at radius 1 is 0.800 bits per heavy atom. The molecule has 40 heavy (non-hydrogen) atoms. The van der Waals surface area contributed by atoms with E-state index in [1.165, 1.54) is 12.1 Å². The molecule has 3 aromatic carbocycles. The zero-order valence-corrected chi connectivity index (χ0v) is 25.2. The van der Waals surface area contributed by atoms with Crippen molar-refractivity contribution in [3.63, 3.8) is 0 Å². The Hall–Kier alpha value is -2.68. The summed E-state index contributed by atoms with van der Waals surface area (Å²) in [6.07, 6.45) is -0.628. The molecule has 210 valence electrons. The van der Waals surface area contributed by atoms with Gasteiger partial charge in [-0.3, -0.25) is 14.9 Å². The van der Waals surface area contributed by atoms with Crippen LogP contribution in [-0.4, -0.2) is 27.8 Å². The van der Waals surface area contributed by atoms with Gasteiger partial charge in [-0.25, -0.2) is 4.79 Å². The van der Waals surface area contributed by atoms with Crippen molar-refractivity contribution in [3.05, 3.63) is 86.9 Å². The zero-order chi connectivity index (χ0) is 29.4. The summed E-state index contributed by atoms with van der Waals surface area (Å²) < 4.78 is 3.89. The second-order valence-corrected chi connectivity index (χ2v) is 12.9. The SMILES string of the molecule is CC(C)(C)OC(=O)Nc1cccc(NC(=O)c2cc(NC(=O)C3C(c4cc(Cl)cc(Cl)c4)C3(Cl)Cl)ccc2Cl)c1. The van der Waals surface area contributed by atoms with Gasteiger partial charge in [0.15, 0.2) is 0 Å². The van der Waals surface area contributed by atoms with Crippen LogP contribution in [0.1, 0.15) is 42.6 Å². The minimum Gasteiger partial charge on any atom is -0.444 e. The van der Waals surface area contributed by atoms with Crippen LogP contribution < -0.4 is 16.0 Å². The van der Waals surface area contributed by atoms with Crippen molar-refractivity contribution in [2.45, 2.75) is 36.6 Å². The number of hydrogen-bond acceptors (Lipinski definition) is 4. The highest BCUT2D eigenvalue weighted by Crippen LogP contribution is 2.65. The fourth-order valence-electron chi connectivity index (χ4n) is 4.11. The van der Waals surface area contributed by atoms with E-state index in [4.69, 9.17) is 62.7 Å². The predicted molar refractivity (Wildman–Crippen MR) is 161 cm³/mol. The van der Waals surface area contributed by atoms with Crippen molar-refractivity contribution < 1.29 is 19.1 Å². The van der Waals surface area contributed by atoms with Crippen LogP contribution in [0.5, 0.6) is 0 Å². The summed E-state index contributed by atoms with van der Waals surface area (Å²) in [5.74, 6) is -2.28. The molecule has 4 rings (SSSR count). The second kappa shape index (κ2) is 11.7. The van der Waals surface area contributed by atoms with E-state index in [2.05, 4.69) is 16.0 Å². The molecule has 1 fully saturated rings. The van der Waals surface area contributed by atoms with Crippen LogP contribution in [0.15, 0.2) is 60.7 Å². The molecule has 0 heterocycles. The Kier molecular flexibility index (Phi) is 8.83. The Morgan fingerprint density at radius 3 is 2.02 bits per heavy atom. The molecule has 0 radical (unpaired) electrons. The number of hydrogen-bond donors (Lipinski definition) is 3. The molecule has 0 bridgehead atoms. The van der Waals surface area contributed by atoms with E-state index >= 15 is 0 Å².